The number of ether oxygens (including phenoxy) is 3. The summed E-state index contributed by atoms with van der Waals surface area (Å²) in [4.78, 5) is 51.5. The molecule has 0 saturated carbocycles. The summed E-state index contributed by atoms with van der Waals surface area (Å²) in [6.45, 7) is 5.16. The van der Waals surface area contributed by atoms with Crippen LogP contribution in [0.25, 0.3) is 0 Å². The number of esters is 1. The van der Waals surface area contributed by atoms with Gasteiger partial charge in [-0.2, -0.15) is 4.98 Å². The van der Waals surface area contributed by atoms with E-state index >= 15 is 0 Å². The normalized spacial score (nSPS) is 12.8. The maximum atomic E-state index is 12.9. The summed E-state index contributed by atoms with van der Waals surface area (Å²) in [5, 5.41) is 2.66. The summed E-state index contributed by atoms with van der Waals surface area (Å²) in [7, 11) is 1.27. The number of anilines is 1. The molecule has 2 amide bonds. The second-order valence-corrected chi connectivity index (χ2v) is 8.56. The van der Waals surface area contributed by atoms with E-state index in [9.17, 15) is 14.4 Å². The number of hydrogen-bond donors (Lipinski definition) is 1. The first-order valence-electron chi connectivity index (χ1n) is 11.8. The first-order chi connectivity index (χ1) is 17.8. The molecule has 0 bridgehead atoms. The zero-order valence-corrected chi connectivity index (χ0v) is 20.8. The number of aromatic nitrogens is 3. The van der Waals surface area contributed by atoms with Crippen LogP contribution in [0.1, 0.15) is 57.8 Å². The second kappa shape index (κ2) is 11.5. The molecule has 4 heterocycles. The SMILES string of the molecule is COC(=O)c1ccc(NC(=O)c2cc(Oc3ccc(C(=O)N4CCCC4)cn3)nc(OC(C)C)c2)nc1. The number of likely N-dealkylation sites (tertiary alicyclic amines) is 1. The topological polar surface area (TPSA) is 133 Å². The number of methoxy groups -OCH3 is 1. The van der Waals surface area contributed by atoms with Crippen molar-refractivity contribution in [3.63, 3.8) is 0 Å². The van der Waals surface area contributed by atoms with Crippen molar-refractivity contribution < 1.29 is 28.6 Å². The van der Waals surface area contributed by atoms with Crippen molar-refractivity contribution in [3.8, 4) is 17.6 Å². The Morgan fingerprint density at radius 2 is 1.59 bits per heavy atom. The monoisotopic (exact) mass is 505 g/mol. The summed E-state index contributed by atoms with van der Waals surface area (Å²) in [6.07, 6.45) is 4.58. The number of rotatable bonds is 8. The lowest BCUT2D eigenvalue weighted by Gasteiger charge is -2.15. The molecule has 3 aromatic heterocycles. The van der Waals surface area contributed by atoms with Crippen LogP contribution in [-0.4, -0.2) is 63.9 Å². The van der Waals surface area contributed by atoms with E-state index in [2.05, 4.69) is 25.0 Å². The van der Waals surface area contributed by atoms with Crippen LogP contribution in [-0.2, 0) is 4.74 Å². The van der Waals surface area contributed by atoms with Gasteiger partial charge in [0.1, 0.15) is 5.82 Å². The van der Waals surface area contributed by atoms with Gasteiger partial charge in [0, 0.05) is 43.7 Å². The van der Waals surface area contributed by atoms with Crippen LogP contribution in [0.3, 0.4) is 0 Å². The molecule has 37 heavy (non-hydrogen) atoms. The molecular weight excluding hydrogens is 478 g/mol. The standard InChI is InChI=1S/C26H27N5O6/c1-16(2)36-22-12-19(24(32)29-20-8-6-18(15-27-20)26(34)35-3)13-23(30-22)37-21-9-7-17(14-28-21)25(33)31-10-4-5-11-31/h6-9,12-16H,4-5,10-11H2,1-3H3,(H,27,29,32). The zero-order chi connectivity index (χ0) is 26.4. The Labute approximate surface area is 213 Å². The molecule has 1 saturated heterocycles. The van der Waals surface area contributed by atoms with E-state index < -0.39 is 11.9 Å². The van der Waals surface area contributed by atoms with Crippen molar-refractivity contribution in [1.82, 2.24) is 19.9 Å². The molecule has 11 nitrogen and oxygen atoms in total. The molecule has 0 unspecified atom stereocenters. The number of pyridine rings is 3. The summed E-state index contributed by atoms with van der Waals surface area (Å²) < 4.78 is 16.1. The number of carbonyl (C=O) groups excluding carboxylic acids is 3. The fraction of sp³-hybridized carbons (Fsp3) is 0.308. The molecule has 0 atom stereocenters. The van der Waals surface area contributed by atoms with Crippen LogP contribution in [0, 0.1) is 0 Å². The molecule has 1 fully saturated rings. The Hall–Kier alpha value is -4.54. The number of amides is 2. The van der Waals surface area contributed by atoms with Gasteiger partial charge in [-0.15, -0.1) is 0 Å². The van der Waals surface area contributed by atoms with Gasteiger partial charge in [-0.05, 0) is 44.9 Å². The Balaban J connectivity index is 1.51. The van der Waals surface area contributed by atoms with Crippen LogP contribution >= 0.6 is 0 Å². The van der Waals surface area contributed by atoms with Gasteiger partial charge in [-0.25, -0.2) is 14.8 Å². The highest BCUT2D eigenvalue weighted by Crippen LogP contribution is 2.24. The second-order valence-electron chi connectivity index (χ2n) is 8.56. The third-order valence-electron chi connectivity index (χ3n) is 5.41. The minimum Gasteiger partial charge on any atom is -0.475 e. The maximum Gasteiger partial charge on any atom is 0.339 e. The lowest BCUT2D eigenvalue weighted by molar-refractivity contribution is 0.0600. The lowest BCUT2D eigenvalue weighted by Crippen LogP contribution is -2.27. The number of carbonyl (C=O) groups is 3. The minimum absolute atomic E-state index is 0.0609. The number of nitrogens with one attached hydrogen (secondary N) is 1. The van der Waals surface area contributed by atoms with E-state index in [4.69, 9.17) is 9.47 Å². The van der Waals surface area contributed by atoms with Gasteiger partial charge >= 0.3 is 5.97 Å². The van der Waals surface area contributed by atoms with E-state index in [1.54, 1.807) is 17.0 Å². The Morgan fingerprint density at radius 1 is 0.892 bits per heavy atom. The molecule has 1 N–H and O–H groups in total. The first-order valence-corrected chi connectivity index (χ1v) is 11.8. The van der Waals surface area contributed by atoms with Crippen molar-refractivity contribution in [1.29, 1.82) is 0 Å². The highest BCUT2D eigenvalue weighted by atomic mass is 16.5. The molecule has 3 aromatic rings. The van der Waals surface area contributed by atoms with Crippen LogP contribution in [0.2, 0.25) is 0 Å². The van der Waals surface area contributed by atoms with Gasteiger partial charge in [0.25, 0.3) is 11.8 Å². The molecule has 0 aromatic carbocycles. The first kappa shape index (κ1) is 25.5. The smallest absolute Gasteiger partial charge is 0.339 e. The number of nitrogens with zero attached hydrogens (tertiary/aromatic N) is 4. The van der Waals surface area contributed by atoms with E-state index in [-0.39, 0.29) is 46.6 Å². The Kier molecular flexibility index (Phi) is 7.92. The predicted molar refractivity (Wildman–Crippen MR) is 133 cm³/mol. The van der Waals surface area contributed by atoms with Crippen molar-refractivity contribution >= 4 is 23.6 Å². The van der Waals surface area contributed by atoms with Crippen molar-refractivity contribution in [2.75, 3.05) is 25.5 Å². The molecule has 1 aliphatic rings. The third kappa shape index (κ3) is 6.57. The van der Waals surface area contributed by atoms with E-state index in [0.29, 0.717) is 5.56 Å². The van der Waals surface area contributed by atoms with E-state index in [1.165, 1.54) is 43.8 Å². The fourth-order valence-corrected chi connectivity index (χ4v) is 3.64. The van der Waals surface area contributed by atoms with Crippen molar-refractivity contribution in [2.24, 2.45) is 0 Å². The summed E-state index contributed by atoms with van der Waals surface area (Å²) in [6, 6.07) is 9.13. The molecular formula is C26H27N5O6. The quantitative estimate of drug-likeness (QED) is 0.455. The van der Waals surface area contributed by atoms with Crippen molar-refractivity contribution in [2.45, 2.75) is 32.8 Å². The largest absolute Gasteiger partial charge is 0.475 e. The van der Waals surface area contributed by atoms with Gasteiger partial charge in [-0.3, -0.25) is 9.59 Å². The van der Waals surface area contributed by atoms with Crippen LogP contribution in [0.5, 0.6) is 17.6 Å². The summed E-state index contributed by atoms with van der Waals surface area (Å²) >= 11 is 0. The lowest BCUT2D eigenvalue weighted by atomic mass is 10.2. The van der Waals surface area contributed by atoms with Gasteiger partial charge in [0.05, 0.1) is 29.9 Å². The highest BCUT2D eigenvalue weighted by Gasteiger charge is 2.20. The van der Waals surface area contributed by atoms with Gasteiger partial charge < -0.3 is 24.4 Å². The van der Waals surface area contributed by atoms with Crippen molar-refractivity contribution in [3.05, 3.63) is 65.5 Å². The maximum absolute atomic E-state index is 12.9. The molecule has 11 heteroatoms. The Morgan fingerprint density at radius 3 is 2.22 bits per heavy atom. The molecule has 0 radical (unpaired) electrons. The molecule has 192 valence electrons. The van der Waals surface area contributed by atoms with E-state index in [1.807, 2.05) is 13.8 Å². The van der Waals surface area contributed by atoms with Gasteiger partial charge in [-0.1, -0.05) is 0 Å². The predicted octanol–water partition coefficient (Wildman–Crippen LogP) is 3.73. The van der Waals surface area contributed by atoms with Gasteiger partial charge in [0.15, 0.2) is 0 Å². The van der Waals surface area contributed by atoms with Crippen LogP contribution in [0.15, 0.2) is 48.8 Å². The average molecular weight is 506 g/mol. The summed E-state index contributed by atoms with van der Waals surface area (Å²) in [5.41, 5.74) is 0.943. The van der Waals surface area contributed by atoms with Crippen LogP contribution in [0.4, 0.5) is 5.82 Å². The van der Waals surface area contributed by atoms with Gasteiger partial charge in [0.2, 0.25) is 17.6 Å². The van der Waals surface area contributed by atoms with E-state index in [0.717, 1.165) is 25.9 Å². The average Bonchev–Trinajstić information content (AvgIpc) is 3.43. The fourth-order valence-electron chi connectivity index (χ4n) is 3.64. The Bertz CT molecular complexity index is 1270. The summed E-state index contributed by atoms with van der Waals surface area (Å²) in [5.74, 6) is -0.357. The molecule has 0 spiro atoms. The third-order valence-corrected chi connectivity index (χ3v) is 5.41. The van der Waals surface area contributed by atoms with Crippen LogP contribution < -0.4 is 14.8 Å². The molecule has 4 rings (SSSR count). The zero-order valence-electron chi connectivity index (χ0n) is 20.8. The molecule has 0 aliphatic carbocycles. The molecule has 1 aliphatic heterocycles. The highest BCUT2D eigenvalue weighted by molar-refractivity contribution is 6.04. The minimum atomic E-state index is -0.529. The number of hydrogen-bond acceptors (Lipinski definition) is 9.